The Bertz CT molecular complexity index is 391. The van der Waals surface area contributed by atoms with E-state index in [0.717, 1.165) is 12.1 Å². The van der Waals surface area contributed by atoms with Gasteiger partial charge in [0.25, 0.3) is 5.56 Å². The SMILES string of the molecule is CCn1c(C2CC2)ccc(CN)c1=O. The van der Waals surface area contributed by atoms with Crippen LogP contribution in [0.3, 0.4) is 0 Å². The molecule has 2 N–H and O–H groups in total. The summed E-state index contributed by atoms with van der Waals surface area (Å²) < 4.78 is 1.86. The van der Waals surface area contributed by atoms with Gasteiger partial charge in [0.05, 0.1) is 0 Å². The Labute approximate surface area is 83.5 Å². The maximum atomic E-state index is 11.9. The van der Waals surface area contributed by atoms with Crippen molar-refractivity contribution in [1.82, 2.24) is 4.57 Å². The molecular formula is C11H16N2O. The molecule has 0 unspecified atom stereocenters. The highest BCUT2D eigenvalue weighted by molar-refractivity contribution is 5.22. The van der Waals surface area contributed by atoms with Crippen LogP contribution in [-0.4, -0.2) is 4.57 Å². The lowest BCUT2D eigenvalue weighted by Crippen LogP contribution is -2.26. The highest BCUT2D eigenvalue weighted by Gasteiger charge is 2.26. The second-order valence-electron chi connectivity index (χ2n) is 3.81. The molecule has 0 saturated heterocycles. The molecule has 1 heterocycles. The summed E-state index contributed by atoms with van der Waals surface area (Å²) in [6.07, 6.45) is 2.45. The van der Waals surface area contributed by atoms with Gasteiger partial charge in [0.1, 0.15) is 0 Å². The van der Waals surface area contributed by atoms with Crippen molar-refractivity contribution in [3.63, 3.8) is 0 Å². The molecule has 1 aliphatic rings. The van der Waals surface area contributed by atoms with Crippen molar-refractivity contribution >= 4 is 0 Å². The third-order valence-electron chi connectivity index (χ3n) is 2.82. The van der Waals surface area contributed by atoms with E-state index in [-0.39, 0.29) is 5.56 Å². The van der Waals surface area contributed by atoms with Crippen molar-refractivity contribution in [3.05, 3.63) is 33.7 Å². The van der Waals surface area contributed by atoms with Crippen LogP contribution in [0.2, 0.25) is 0 Å². The molecule has 2 rings (SSSR count). The topological polar surface area (TPSA) is 48.0 Å². The molecule has 0 bridgehead atoms. The van der Waals surface area contributed by atoms with E-state index in [9.17, 15) is 4.79 Å². The Morgan fingerprint density at radius 2 is 2.21 bits per heavy atom. The van der Waals surface area contributed by atoms with Gasteiger partial charge in [-0.15, -0.1) is 0 Å². The van der Waals surface area contributed by atoms with E-state index < -0.39 is 0 Å². The van der Waals surface area contributed by atoms with Gasteiger partial charge < -0.3 is 10.3 Å². The van der Waals surface area contributed by atoms with Crippen LogP contribution in [0.5, 0.6) is 0 Å². The molecular weight excluding hydrogens is 176 g/mol. The summed E-state index contributed by atoms with van der Waals surface area (Å²) in [7, 11) is 0. The highest BCUT2D eigenvalue weighted by Crippen LogP contribution is 2.39. The molecule has 1 fully saturated rings. The Morgan fingerprint density at radius 3 is 2.71 bits per heavy atom. The summed E-state index contributed by atoms with van der Waals surface area (Å²) in [5, 5.41) is 0. The van der Waals surface area contributed by atoms with Crippen molar-refractivity contribution in [2.24, 2.45) is 5.73 Å². The second kappa shape index (κ2) is 3.58. The molecule has 14 heavy (non-hydrogen) atoms. The van der Waals surface area contributed by atoms with E-state index in [0.29, 0.717) is 12.5 Å². The van der Waals surface area contributed by atoms with Gasteiger partial charge in [0.15, 0.2) is 0 Å². The molecule has 0 amide bonds. The summed E-state index contributed by atoms with van der Waals surface area (Å²) in [6.45, 7) is 3.09. The Kier molecular flexibility index (Phi) is 2.42. The van der Waals surface area contributed by atoms with E-state index in [4.69, 9.17) is 5.73 Å². The zero-order valence-electron chi connectivity index (χ0n) is 8.49. The summed E-state index contributed by atoms with van der Waals surface area (Å²) in [4.78, 5) is 11.9. The minimum absolute atomic E-state index is 0.0967. The normalized spacial score (nSPS) is 15.9. The maximum absolute atomic E-state index is 11.9. The van der Waals surface area contributed by atoms with Gasteiger partial charge in [-0.3, -0.25) is 4.79 Å². The van der Waals surface area contributed by atoms with E-state index in [1.54, 1.807) is 0 Å². The quantitative estimate of drug-likeness (QED) is 0.782. The average Bonchev–Trinajstić information content (AvgIpc) is 3.00. The maximum Gasteiger partial charge on any atom is 0.255 e. The van der Waals surface area contributed by atoms with Crippen LogP contribution in [0, 0.1) is 0 Å². The lowest BCUT2D eigenvalue weighted by Gasteiger charge is -2.11. The zero-order chi connectivity index (χ0) is 10.1. The minimum atomic E-state index is 0.0967. The van der Waals surface area contributed by atoms with E-state index >= 15 is 0 Å². The number of pyridine rings is 1. The molecule has 0 atom stereocenters. The van der Waals surface area contributed by atoms with E-state index in [1.165, 1.54) is 18.5 Å². The molecule has 0 aliphatic heterocycles. The lowest BCUT2D eigenvalue weighted by atomic mass is 10.2. The van der Waals surface area contributed by atoms with Gasteiger partial charge in [0, 0.05) is 24.3 Å². The first-order chi connectivity index (χ1) is 6.77. The smallest absolute Gasteiger partial charge is 0.255 e. The van der Waals surface area contributed by atoms with Crippen LogP contribution in [0.25, 0.3) is 0 Å². The van der Waals surface area contributed by atoms with Crippen LogP contribution in [0.4, 0.5) is 0 Å². The van der Waals surface area contributed by atoms with E-state index in [2.05, 4.69) is 6.07 Å². The van der Waals surface area contributed by atoms with Crippen molar-refractivity contribution in [2.75, 3.05) is 0 Å². The number of nitrogens with two attached hydrogens (primary N) is 1. The van der Waals surface area contributed by atoms with Crippen molar-refractivity contribution < 1.29 is 0 Å². The number of rotatable bonds is 3. The number of hydrogen-bond donors (Lipinski definition) is 1. The van der Waals surface area contributed by atoms with Crippen molar-refractivity contribution in [1.29, 1.82) is 0 Å². The summed E-state index contributed by atoms with van der Waals surface area (Å²) in [6, 6.07) is 3.94. The first-order valence-corrected chi connectivity index (χ1v) is 5.20. The van der Waals surface area contributed by atoms with Crippen molar-refractivity contribution in [2.45, 2.75) is 38.8 Å². The third-order valence-corrected chi connectivity index (χ3v) is 2.82. The molecule has 3 heteroatoms. The first-order valence-electron chi connectivity index (χ1n) is 5.20. The van der Waals surface area contributed by atoms with Crippen LogP contribution in [0.15, 0.2) is 16.9 Å². The predicted octanol–water partition coefficient (Wildman–Crippen LogP) is 1.20. The van der Waals surface area contributed by atoms with Gasteiger partial charge >= 0.3 is 0 Å². The number of aromatic nitrogens is 1. The highest BCUT2D eigenvalue weighted by atomic mass is 16.1. The lowest BCUT2D eigenvalue weighted by molar-refractivity contribution is 0.667. The molecule has 0 aromatic carbocycles. The molecule has 1 aliphatic carbocycles. The van der Waals surface area contributed by atoms with Crippen LogP contribution in [0.1, 0.15) is 36.9 Å². The van der Waals surface area contributed by atoms with Gasteiger partial charge in [-0.1, -0.05) is 6.07 Å². The van der Waals surface area contributed by atoms with Crippen LogP contribution >= 0.6 is 0 Å². The Hall–Kier alpha value is -1.09. The summed E-state index contributed by atoms with van der Waals surface area (Å²) in [5.41, 5.74) is 7.51. The fraction of sp³-hybridized carbons (Fsp3) is 0.545. The van der Waals surface area contributed by atoms with Gasteiger partial charge in [-0.2, -0.15) is 0 Å². The summed E-state index contributed by atoms with van der Waals surface area (Å²) in [5.74, 6) is 0.620. The van der Waals surface area contributed by atoms with Crippen LogP contribution < -0.4 is 11.3 Å². The zero-order valence-corrected chi connectivity index (χ0v) is 8.49. The molecule has 1 aromatic heterocycles. The third kappa shape index (κ3) is 1.48. The molecule has 76 valence electrons. The molecule has 0 radical (unpaired) electrons. The Morgan fingerprint density at radius 1 is 1.50 bits per heavy atom. The van der Waals surface area contributed by atoms with Gasteiger partial charge in [-0.05, 0) is 31.7 Å². The standard InChI is InChI=1S/C11H16N2O/c1-2-13-10(8-3-4-8)6-5-9(7-12)11(13)14/h5-6,8H,2-4,7,12H2,1H3. The molecule has 0 spiro atoms. The van der Waals surface area contributed by atoms with Crippen LogP contribution in [-0.2, 0) is 13.1 Å². The number of nitrogens with zero attached hydrogens (tertiary/aromatic N) is 1. The molecule has 3 nitrogen and oxygen atoms in total. The first kappa shape index (κ1) is 9.46. The molecule has 1 aromatic rings. The largest absolute Gasteiger partial charge is 0.326 e. The van der Waals surface area contributed by atoms with Gasteiger partial charge in [-0.25, -0.2) is 0 Å². The average molecular weight is 192 g/mol. The Balaban J connectivity index is 2.52. The molecule has 1 saturated carbocycles. The second-order valence-corrected chi connectivity index (χ2v) is 3.81. The van der Waals surface area contributed by atoms with Crippen molar-refractivity contribution in [3.8, 4) is 0 Å². The fourth-order valence-corrected chi connectivity index (χ4v) is 1.85. The fourth-order valence-electron chi connectivity index (χ4n) is 1.85. The number of hydrogen-bond acceptors (Lipinski definition) is 2. The predicted molar refractivity (Wildman–Crippen MR) is 56.2 cm³/mol. The monoisotopic (exact) mass is 192 g/mol. The summed E-state index contributed by atoms with van der Waals surface area (Å²) >= 11 is 0. The van der Waals surface area contributed by atoms with E-state index in [1.807, 2.05) is 17.6 Å². The van der Waals surface area contributed by atoms with Gasteiger partial charge in [0.2, 0.25) is 0 Å². The minimum Gasteiger partial charge on any atom is -0.326 e.